The van der Waals surface area contributed by atoms with Gasteiger partial charge in [-0.3, -0.25) is 4.79 Å². The third kappa shape index (κ3) is 3.68. The van der Waals surface area contributed by atoms with Crippen LogP contribution in [0, 0.1) is 0 Å². The Morgan fingerprint density at radius 1 is 1.00 bits per heavy atom. The van der Waals surface area contributed by atoms with Gasteiger partial charge in [-0.1, -0.05) is 29.5 Å². The highest BCUT2D eigenvalue weighted by Gasteiger charge is 2.19. The number of hydrogen-bond donors (Lipinski definition) is 0. The number of benzene rings is 2. The van der Waals surface area contributed by atoms with Crippen molar-refractivity contribution >= 4 is 22.4 Å². The summed E-state index contributed by atoms with van der Waals surface area (Å²) in [6.45, 7) is 2.46. The molecule has 0 atom stereocenters. The largest absolute Gasteiger partial charge is 0.493 e. The number of fused-ring (bicyclic) bond motifs is 1. The molecule has 4 aromatic rings. The lowest BCUT2D eigenvalue weighted by Crippen LogP contribution is -2.23. The van der Waals surface area contributed by atoms with E-state index >= 15 is 0 Å². The molecule has 0 saturated carbocycles. The van der Waals surface area contributed by atoms with Crippen molar-refractivity contribution in [1.29, 1.82) is 0 Å². The van der Waals surface area contributed by atoms with Crippen molar-refractivity contribution in [1.82, 2.24) is 14.6 Å². The zero-order chi connectivity index (χ0) is 22.0. The lowest BCUT2D eigenvalue weighted by molar-refractivity contribution is 0.324. The van der Waals surface area contributed by atoms with Gasteiger partial charge in [-0.15, -0.1) is 10.2 Å². The monoisotopic (exact) mass is 439 g/mol. The van der Waals surface area contributed by atoms with Crippen LogP contribution in [0.1, 0.15) is 12.5 Å². The van der Waals surface area contributed by atoms with Crippen molar-refractivity contribution in [3.8, 4) is 34.4 Å². The second kappa shape index (κ2) is 8.65. The van der Waals surface area contributed by atoms with Gasteiger partial charge in [0.05, 0.1) is 32.5 Å². The number of rotatable bonds is 7. The van der Waals surface area contributed by atoms with E-state index in [0.717, 1.165) is 11.3 Å². The molecule has 8 nitrogen and oxygen atoms in total. The van der Waals surface area contributed by atoms with Crippen LogP contribution in [0.2, 0.25) is 0 Å². The van der Waals surface area contributed by atoms with E-state index in [4.69, 9.17) is 18.9 Å². The zero-order valence-corrected chi connectivity index (χ0v) is 18.4. The SMILES string of the molecule is CCOc1ccccc1C=c1sc2nnc(-c3cc(OC)c(OC)c(OC)c3)n2c1=O. The van der Waals surface area contributed by atoms with Gasteiger partial charge in [0.2, 0.25) is 10.7 Å². The van der Waals surface area contributed by atoms with E-state index in [1.54, 1.807) is 12.1 Å². The topological polar surface area (TPSA) is 84.2 Å². The Morgan fingerprint density at radius 2 is 1.71 bits per heavy atom. The minimum atomic E-state index is -0.208. The summed E-state index contributed by atoms with van der Waals surface area (Å²) >= 11 is 1.27. The first-order valence-electron chi connectivity index (χ1n) is 9.53. The molecule has 0 bridgehead atoms. The van der Waals surface area contributed by atoms with Crippen molar-refractivity contribution in [2.24, 2.45) is 0 Å². The Hall–Kier alpha value is -3.59. The number of methoxy groups -OCH3 is 3. The van der Waals surface area contributed by atoms with Crippen LogP contribution in [0.4, 0.5) is 0 Å². The van der Waals surface area contributed by atoms with Gasteiger partial charge in [-0.05, 0) is 31.2 Å². The molecule has 0 aliphatic heterocycles. The van der Waals surface area contributed by atoms with Gasteiger partial charge in [0.15, 0.2) is 17.3 Å². The van der Waals surface area contributed by atoms with Gasteiger partial charge in [0, 0.05) is 11.1 Å². The molecule has 2 aromatic carbocycles. The van der Waals surface area contributed by atoms with E-state index in [1.807, 2.05) is 37.3 Å². The minimum Gasteiger partial charge on any atom is -0.493 e. The minimum absolute atomic E-state index is 0.208. The van der Waals surface area contributed by atoms with Gasteiger partial charge >= 0.3 is 0 Å². The highest BCUT2D eigenvalue weighted by molar-refractivity contribution is 7.15. The number of hydrogen-bond acceptors (Lipinski definition) is 8. The number of para-hydroxylation sites is 1. The lowest BCUT2D eigenvalue weighted by atomic mass is 10.1. The Morgan fingerprint density at radius 3 is 2.35 bits per heavy atom. The van der Waals surface area contributed by atoms with Gasteiger partial charge in [0.1, 0.15) is 5.75 Å². The van der Waals surface area contributed by atoms with Crippen molar-refractivity contribution in [3.63, 3.8) is 0 Å². The predicted octanol–water partition coefficient (Wildman–Crippen LogP) is 2.79. The summed E-state index contributed by atoms with van der Waals surface area (Å²) in [6.07, 6.45) is 1.81. The van der Waals surface area contributed by atoms with E-state index in [1.165, 1.54) is 37.1 Å². The van der Waals surface area contributed by atoms with Crippen LogP contribution in [-0.4, -0.2) is 42.5 Å². The second-order valence-corrected chi connectivity index (χ2v) is 7.45. The van der Waals surface area contributed by atoms with Crippen molar-refractivity contribution in [2.75, 3.05) is 27.9 Å². The first-order chi connectivity index (χ1) is 15.1. The first-order valence-corrected chi connectivity index (χ1v) is 10.3. The summed E-state index contributed by atoms with van der Waals surface area (Å²) in [6, 6.07) is 11.1. The zero-order valence-electron chi connectivity index (χ0n) is 17.5. The highest BCUT2D eigenvalue weighted by atomic mass is 32.1. The molecule has 0 spiro atoms. The third-order valence-electron chi connectivity index (χ3n) is 4.68. The molecule has 31 heavy (non-hydrogen) atoms. The lowest BCUT2D eigenvalue weighted by Gasteiger charge is -2.13. The summed E-state index contributed by atoms with van der Waals surface area (Å²) < 4.78 is 23.9. The number of nitrogens with zero attached hydrogens (tertiary/aromatic N) is 3. The van der Waals surface area contributed by atoms with Gasteiger partial charge in [0.25, 0.3) is 5.56 Å². The molecule has 0 saturated heterocycles. The van der Waals surface area contributed by atoms with E-state index in [-0.39, 0.29) is 5.56 Å². The van der Waals surface area contributed by atoms with Crippen molar-refractivity contribution in [3.05, 3.63) is 56.8 Å². The smallest absolute Gasteiger partial charge is 0.276 e. The molecule has 0 aliphatic rings. The van der Waals surface area contributed by atoms with Gasteiger partial charge in [-0.2, -0.15) is 0 Å². The second-order valence-electron chi connectivity index (χ2n) is 6.44. The quantitative estimate of drug-likeness (QED) is 0.438. The fraction of sp³-hybridized carbons (Fsp3) is 0.227. The predicted molar refractivity (Wildman–Crippen MR) is 119 cm³/mol. The van der Waals surface area contributed by atoms with Crippen LogP contribution in [0.25, 0.3) is 22.4 Å². The molecule has 4 rings (SSSR count). The van der Waals surface area contributed by atoms with E-state index in [2.05, 4.69) is 10.2 Å². The average molecular weight is 439 g/mol. The molecule has 160 valence electrons. The van der Waals surface area contributed by atoms with Crippen molar-refractivity contribution in [2.45, 2.75) is 6.92 Å². The highest BCUT2D eigenvalue weighted by Crippen LogP contribution is 2.40. The number of ether oxygens (including phenoxy) is 4. The molecule has 0 N–H and O–H groups in total. The molecule has 0 radical (unpaired) electrons. The Labute approximate surface area is 182 Å². The Kier molecular flexibility index (Phi) is 5.77. The number of aromatic nitrogens is 3. The first kappa shape index (κ1) is 20.7. The average Bonchev–Trinajstić information content (AvgIpc) is 3.34. The Bertz CT molecular complexity index is 1320. The summed E-state index contributed by atoms with van der Waals surface area (Å²) in [7, 11) is 4.60. The molecular formula is C22H21N3O5S. The van der Waals surface area contributed by atoms with Crippen LogP contribution in [0.5, 0.6) is 23.0 Å². The fourth-order valence-electron chi connectivity index (χ4n) is 3.29. The molecule has 0 fully saturated rings. The summed E-state index contributed by atoms with van der Waals surface area (Å²) in [5, 5.41) is 8.42. The van der Waals surface area contributed by atoms with Crippen molar-refractivity contribution < 1.29 is 18.9 Å². The van der Waals surface area contributed by atoms with E-state index in [9.17, 15) is 4.79 Å². The van der Waals surface area contributed by atoms with Crippen LogP contribution >= 0.6 is 11.3 Å². The van der Waals surface area contributed by atoms with E-state index < -0.39 is 0 Å². The summed E-state index contributed by atoms with van der Waals surface area (Å²) in [5.74, 6) is 2.51. The Balaban J connectivity index is 1.89. The van der Waals surface area contributed by atoms with Crippen LogP contribution in [0.15, 0.2) is 41.2 Å². The van der Waals surface area contributed by atoms with Crippen LogP contribution in [-0.2, 0) is 0 Å². The molecular weight excluding hydrogens is 418 g/mol. The maximum atomic E-state index is 13.2. The molecule has 0 unspecified atom stereocenters. The fourth-order valence-corrected chi connectivity index (χ4v) is 4.19. The standard InChI is InChI=1S/C22H21N3O5S/c1-5-30-15-9-7-6-8-13(15)12-18-21(26)25-20(23-24-22(25)31-18)14-10-16(27-2)19(29-4)17(11-14)28-3/h6-12H,5H2,1-4H3. The normalized spacial score (nSPS) is 11.7. The van der Waals surface area contributed by atoms with Gasteiger partial charge < -0.3 is 18.9 Å². The van der Waals surface area contributed by atoms with Crippen LogP contribution in [0.3, 0.4) is 0 Å². The van der Waals surface area contributed by atoms with Crippen LogP contribution < -0.4 is 29.0 Å². The number of thiazole rings is 1. The van der Waals surface area contributed by atoms with Gasteiger partial charge in [-0.25, -0.2) is 4.40 Å². The maximum Gasteiger partial charge on any atom is 0.276 e. The maximum absolute atomic E-state index is 13.2. The molecule has 2 aromatic heterocycles. The van der Waals surface area contributed by atoms with E-state index in [0.29, 0.717) is 44.7 Å². The summed E-state index contributed by atoms with van der Waals surface area (Å²) in [4.78, 5) is 13.7. The summed E-state index contributed by atoms with van der Waals surface area (Å²) in [5.41, 5.74) is 1.24. The molecule has 0 amide bonds. The molecule has 2 heterocycles. The molecule has 0 aliphatic carbocycles. The molecule has 9 heteroatoms. The third-order valence-corrected chi connectivity index (χ3v) is 5.64.